The lowest BCUT2D eigenvalue weighted by molar-refractivity contribution is -0.134. The third-order valence-corrected chi connectivity index (χ3v) is 6.24. The topological polar surface area (TPSA) is 121 Å². The zero-order valence-electron chi connectivity index (χ0n) is 19.4. The minimum Gasteiger partial charge on any atom is -0.489 e. The van der Waals surface area contributed by atoms with Gasteiger partial charge in [0.1, 0.15) is 17.7 Å². The highest BCUT2D eigenvalue weighted by molar-refractivity contribution is 6.00. The number of hydrogen-bond donors (Lipinski definition) is 4. The number of para-hydroxylation sites is 1. The van der Waals surface area contributed by atoms with E-state index in [0.717, 1.165) is 37.1 Å². The molecule has 10 heteroatoms. The zero-order chi connectivity index (χ0) is 23.2. The highest BCUT2D eigenvalue weighted by atomic mass is 35.5. The largest absolute Gasteiger partial charge is 0.489 e. The zero-order valence-corrected chi connectivity index (χ0v) is 21.1. The Morgan fingerprint density at radius 2 is 1.77 bits per heavy atom. The molecule has 0 unspecified atom stereocenters. The van der Waals surface area contributed by atoms with E-state index in [1.165, 1.54) is 0 Å². The van der Waals surface area contributed by atoms with Gasteiger partial charge in [-0.3, -0.25) is 25.2 Å². The predicted octanol–water partition coefficient (Wildman–Crippen LogP) is 2.62. The Morgan fingerprint density at radius 1 is 1.06 bits per heavy atom. The van der Waals surface area contributed by atoms with Crippen molar-refractivity contribution in [3.63, 3.8) is 0 Å². The molecule has 0 spiro atoms. The van der Waals surface area contributed by atoms with Crippen molar-refractivity contribution in [3.8, 4) is 5.75 Å². The molecule has 190 valence electrons. The maximum absolute atomic E-state index is 13.1. The summed E-state index contributed by atoms with van der Waals surface area (Å²) in [6.45, 7) is 1.89. The number of amides is 2. The fourth-order valence-corrected chi connectivity index (χ4v) is 4.48. The van der Waals surface area contributed by atoms with Crippen LogP contribution in [0.15, 0.2) is 54.6 Å². The van der Waals surface area contributed by atoms with Crippen molar-refractivity contribution in [3.05, 3.63) is 65.7 Å². The third kappa shape index (κ3) is 7.67. The number of halogens is 2. The highest BCUT2D eigenvalue weighted by Crippen LogP contribution is 2.25. The lowest BCUT2D eigenvalue weighted by Gasteiger charge is -2.25. The van der Waals surface area contributed by atoms with Crippen LogP contribution in [0, 0.1) is 5.41 Å². The van der Waals surface area contributed by atoms with Crippen molar-refractivity contribution in [2.24, 2.45) is 5.73 Å². The number of hydrogen-bond acceptors (Lipinski definition) is 6. The van der Waals surface area contributed by atoms with Crippen LogP contribution in [0.2, 0.25) is 0 Å². The number of amidine groups is 1. The molecule has 2 aliphatic rings. The number of likely N-dealkylation sites (tertiary alicyclic amines) is 1. The number of imide groups is 1. The van der Waals surface area contributed by atoms with Crippen LogP contribution in [0.5, 0.6) is 5.75 Å². The fraction of sp³-hybridized carbons (Fsp3) is 0.400. The Balaban J connectivity index is 0.00000216. The standard InChI is InChI=1S/C25H31N5O3.2ClH/c26-23(27)18-11-9-17(10-12-18)15-30-16-20(33-19-6-2-1-3-7-19)14-22(30)25(32)29-24(31)21-8-4-5-13-28-21;;/h1-3,6-7,9-12,20-22,28H,4-5,8,13-16H2,(H3,26,27)(H,29,31,32);2*1H/t20-,21+,22-;;/m0../s1. The number of carbonyl (C=O) groups excluding carboxylic acids is 2. The second-order valence-electron chi connectivity index (χ2n) is 8.70. The van der Waals surface area contributed by atoms with E-state index in [4.69, 9.17) is 15.9 Å². The van der Waals surface area contributed by atoms with E-state index in [1.807, 2.05) is 47.4 Å². The Hall–Kier alpha value is -2.65. The summed E-state index contributed by atoms with van der Waals surface area (Å²) in [7, 11) is 0. The molecular formula is C25H33Cl2N5O3. The predicted molar refractivity (Wildman–Crippen MR) is 140 cm³/mol. The third-order valence-electron chi connectivity index (χ3n) is 6.24. The van der Waals surface area contributed by atoms with Gasteiger partial charge in [-0.1, -0.05) is 48.9 Å². The van der Waals surface area contributed by atoms with E-state index in [1.54, 1.807) is 12.1 Å². The summed E-state index contributed by atoms with van der Waals surface area (Å²) in [5, 5.41) is 13.4. The molecule has 0 aliphatic carbocycles. The van der Waals surface area contributed by atoms with Crippen molar-refractivity contribution in [2.45, 2.75) is 50.4 Å². The minimum absolute atomic E-state index is 0. The summed E-state index contributed by atoms with van der Waals surface area (Å²) in [5.74, 6) is 0.243. The van der Waals surface area contributed by atoms with Gasteiger partial charge in [-0.05, 0) is 37.1 Å². The van der Waals surface area contributed by atoms with Gasteiger partial charge in [-0.2, -0.15) is 0 Å². The minimum atomic E-state index is -0.473. The lowest BCUT2D eigenvalue weighted by Crippen LogP contribution is -2.52. The Labute approximate surface area is 218 Å². The molecule has 2 heterocycles. The van der Waals surface area contributed by atoms with Crippen LogP contribution in [-0.4, -0.2) is 53.8 Å². The molecule has 2 aromatic carbocycles. The maximum Gasteiger partial charge on any atom is 0.244 e. The summed E-state index contributed by atoms with van der Waals surface area (Å²) in [5.41, 5.74) is 7.21. The molecule has 2 saturated heterocycles. The quantitative estimate of drug-likeness (QED) is 0.252. The second-order valence-corrected chi connectivity index (χ2v) is 8.70. The van der Waals surface area contributed by atoms with Crippen molar-refractivity contribution >= 4 is 42.5 Å². The molecule has 0 bridgehead atoms. The second kappa shape index (κ2) is 13.4. The molecule has 2 aliphatic heterocycles. The van der Waals surface area contributed by atoms with E-state index in [-0.39, 0.29) is 54.6 Å². The molecule has 4 rings (SSSR count). The average Bonchev–Trinajstić information content (AvgIpc) is 3.22. The van der Waals surface area contributed by atoms with Crippen LogP contribution < -0.4 is 21.1 Å². The summed E-state index contributed by atoms with van der Waals surface area (Å²) >= 11 is 0. The maximum atomic E-state index is 13.1. The van der Waals surface area contributed by atoms with Crippen LogP contribution in [0.25, 0.3) is 0 Å². The van der Waals surface area contributed by atoms with Crippen LogP contribution in [0.1, 0.15) is 36.8 Å². The number of nitrogens with zero attached hydrogens (tertiary/aromatic N) is 1. The summed E-state index contributed by atoms with van der Waals surface area (Å²) < 4.78 is 6.13. The molecule has 35 heavy (non-hydrogen) atoms. The van der Waals surface area contributed by atoms with E-state index >= 15 is 0 Å². The van der Waals surface area contributed by atoms with Gasteiger partial charge in [0.2, 0.25) is 11.8 Å². The average molecular weight is 522 g/mol. The van der Waals surface area contributed by atoms with Gasteiger partial charge >= 0.3 is 0 Å². The molecule has 5 N–H and O–H groups in total. The van der Waals surface area contributed by atoms with E-state index in [9.17, 15) is 9.59 Å². The number of nitrogens with two attached hydrogens (primary N) is 1. The monoisotopic (exact) mass is 521 g/mol. The highest BCUT2D eigenvalue weighted by Gasteiger charge is 2.39. The molecule has 2 aromatic rings. The molecule has 2 fully saturated rings. The molecule has 0 radical (unpaired) electrons. The SMILES string of the molecule is Cl.Cl.N=C(N)c1ccc(CN2C[C@@H](Oc3ccccc3)C[C@H]2C(=O)NC(=O)[C@H]2CCCCN2)cc1. The van der Waals surface area contributed by atoms with Gasteiger partial charge < -0.3 is 15.8 Å². The fourth-order valence-electron chi connectivity index (χ4n) is 4.48. The summed E-state index contributed by atoms with van der Waals surface area (Å²) in [6, 6.07) is 16.2. The number of rotatable bonds is 7. The van der Waals surface area contributed by atoms with Crippen LogP contribution in [0.4, 0.5) is 0 Å². The molecule has 8 nitrogen and oxygen atoms in total. The lowest BCUT2D eigenvalue weighted by atomic mass is 10.0. The number of benzene rings is 2. The normalized spacial score (nSPS) is 21.8. The van der Waals surface area contributed by atoms with Crippen molar-refractivity contribution < 1.29 is 14.3 Å². The van der Waals surface area contributed by atoms with Crippen LogP contribution >= 0.6 is 24.8 Å². The Bertz CT molecular complexity index is 984. The number of nitrogens with one attached hydrogen (secondary N) is 3. The first-order chi connectivity index (χ1) is 16.0. The van der Waals surface area contributed by atoms with Gasteiger partial charge in [0.05, 0.1) is 12.1 Å². The van der Waals surface area contributed by atoms with Crippen molar-refractivity contribution in [2.75, 3.05) is 13.1 Å². The first kappa shape index (κ1) is 28.6. The first-order valence-electron chi connectivity index (χ1n) is 11.5. The number of ether oxygens (including phenoxy) is 1. The van der Waals surface area contributed by atoms with Gasteiger partial charge in [0.15, 0.2) is 0 Å². The van der Waals surface area contributed by atoms with E-state index in [2.05, 4.69) is 10.6 Å². The summed E-state index contributed by atoms with van der Waals surface area (Å²) in [6.07, 6.45) is 3.11. The van der Waals surface area contributed by atoms with Gasteiger partial charge in [-0.25, -0.2) is 0 Å². The molecule has 2 amide bonds. The molecule has 0 aromatic heterocycles. The van der Waals surface area contributed by atoms with E-state index < -0.39 is 6.04 Å². The number of carbonyl (C=O) groups is 2. The van der Waals surface area contributed by atoms with E-state index in [0.29, 0.717) is 25.1 Å². The van der Waals surface area contributed by atoms with Crippen LogP contribution in [-0.2, 0) is 16.1 Å². The Morgan fingerprint density at radius 3 is 2.40 bits per heavy atom. The molecule has 0 saturated carbocycles. The van der Waals surface area contributed by atoms with Gasteiger partial charge in [0.25, 0.3) is 0 Å². The van der Waals surface area contributed by atoms with Crippen LogP contribution in [0.3, 0.4) is 0 Å². The molecular weight excluding hydrogens is 489 g/mol. The van der Waals surface area contributed by atoms with Crippen molar-refractivity contribution in [1.29, 1.82) is 5.41 Å². The number of nitrogen functional groups attached to an aromatic ring is 1. The summed E-state index contributed by atoms with van der Waals surface area (Å²) in [4.78, 5) is 27.8. The number of piperidine rings is 1. The van der Waals surface area contributed by atoms with Gasteiger partial charge in [0, 0.05) is 25.1 Å². The van der Waals surface area contributed by atoms with Gasteiger partial charge in [-0.15, -0.1) is 24.8 Å². The molecule has 3 atom stereocenters. The van der Waals surface area contributed by atoms with Crippen molar-refractivity contribution in [1.82, 2.24) is 15.5 Å². The Kier molecular flexibility index (Phi) is 11.0. The first-order valence-corrected chi connectivity index (χ1v) is 11.5. The smallest absolute Gasteiger partial charge is 0.244 e.